The van der Waals surface area contributed by atoms with Crippen LogP contribution in [-0.2, 0) is 16.0 Å². The van der Waals surface area contributed by atoms with Gasteiger partial charge in [0.05, 0.1) is 0 Å². The zero-order chi connectivity index (χ0) is 19.4. The van der Waals surface area contributed by atoms with E-state index in [4.69, 9.17) is 4.74 Å². The van der Waals surface area contributed by atoms with E-state index in [1.165, 1.54) is 5.56 Å². The van der Waals surface area contributed by atoms with Crippen molar-refractivity contribution in [3.63, 3.8) is 0 Å². The molecule has 2 rings (SSSR count). The molecular weight excluding hydrogens is 328 g/mol. The van der Waals surface area contributed by atoms with Crippen molar-refractivity contribution in [2.75, 3.05) is 13.1 Å². The van der Waals surface area contributed by atoms with Gasteiger partial charge in [0.1, 0.15) is 12.1 Å². The quantitative estimate of drug-likeness (QED) is 0.805. The Morgan fingerprint density at radius 1 is 1.12 bits per heavy atom. The van der Waals surface area contributed by atoms with E-state index >= 15 is 0 Å². The largest absolute Gasteiger partial charge is 0.444 e. The number of nitrogens with zero attached hydrogens (tertiary/aromatic N) is 1. The minimum absolute atomic E-state index is 0.0565. The van der Waals surface area contributed by atoms with Gasteiger partial charge in [-0.25, -0.2) is 4.79 Å². The lowest BCUT2D eigenvalue weighted by atomic mass is 9.85. The molecule has 0 saturated heterocycles. The highest BCUT2D eigenvalue weighted by molar-refractivity contribution is 5.82. The monoisotopic (exact) mass is 360 g/mol. The molecule has 0 heterocycles. The van der Waals surface area contributed by atoms with Gasteiger partial charge in [-0.05, 0) is 51.0 Å². The third kappa shape index (κ3) is 7.06. The molecule has 1 aromatic rings. The molecule has 5 heteroatoms. The maximum Gasteiger partial charge on any atom is 0.411 e. The van der Waals surface area contributed by atoms with Crippen molar-refractivity contribution in [2.45, 2.75) is 65.5 Å². The molecule has 1 aliphatic carbocycles. The van der Waals surface area contributed by atoms with Crippen LogP contribution in [0, 0.1) is 5.41 Å². The zero-order valence-corrected chi connectivity index (χ0v) is 16.7. The van der Waals surface area contributed by atoms with Gasteiger partial charge in [0.25, 0.3) is 0 Å². The van der Waals surface area contributed by atoms with Crippen LogP contribution < -0.4 is 5.32 Å². The molecule has 1 N–H and O–H groups in total. The highest BCUT2D eigenvalue weighted by Gasteiger charge is 2.36. The molecule has 1 aromatic carbocycles. The lowest BCUT2D eigenvalue weighted by molar-refractivity contribution is -0.122. The summed E-state index contributed by atoms with van der Waals surface area (Å²) in [6, 6.07) is 10.4. The first-order chi connectivity index (χ1) is 12.1. The van der Waals surface area contributed by atoms with Crippen LogP contribution in [0.5, 0.6) is 0 Å². The fraction of sp³-hybridized carbons (Fsp3) is 0.619. The summed E-state index contributed by atoms with van der Waals surface area (Å²) < 4.78 is 5.43. The number of benzene rings is 1. The van der Waals surface area contributed by atoms with Crippen LogP contribution in [0.4, 0.5) is 4.79 Å². The molecule has 0 spiro atoms. The first kappa shape index (κ1) is 20.3. The Morgan fingerprint density at radius 2 is 1.73 bits per heavy atom. The molecule has 2 amide bonds. The number of carbonyl (C=O) groups is 2. The van der Waals surface area contributed by atoms with E-state index in [1.807, 2.05) is 39.0 Å². The van der Waals surface area contributed by atoms with Crippen molar-refractivity contribution in [3.8, 4) is 0 Å². The van der Waals surface area contributed by atoms with Crippen molar-refractivity contribution in [2.24, 2.45) is 5.41 Å². The molecule has 5 nitrogen and oxygen atoms in total. The van der Waals surface area contributed by atoms with E-state index in [0.29, 0.717) is 6.54 Å². The van der Waals surface area contributed by atoms with E-state index < -0.39 is 11.7 Å². The smallest absolute Gasteiger partial charge is 0.411 e. The molecule has 0 aliphatic heterocycles. The Hall–Kier alpha value is -2.04. The fourth-order valence-corrected chi connectivity index (χ4v) is 2.81. The normalized spacial score (nSPS) is 14.7. The number of carbonyl (C=O) groups excluding carboxylic acids is 2. The average Bonchev–Trinajstić information content (AvgIpc) is 3.34. The third-order valence-electron chi connectivity index (χ3n) is 4.22. The van der Waals surface area contributed by atoms with Gasteiger partial charge < -0.3 is 10.1 Å². The highest BCUT2D eigenvalue weighted by atomic mass is 16.6. The van der Waals surface area contributed by atoms with Crippen LogP contribution in [0.15, 0.2) is 30.3 Å². The summed E-state index contributed by atoms with van der Waals surface area (Å²) in [6.45, 7) is 10.4. The van der Waals surface area contributed by atoms with Gasteiger partial charge in [-0.3, -0.25) is 9.69 Å². The maximum atomic E-state index is 12.4. The van der Waals surface area contributed by atoms with E-state index in [0.717, 1.165) is 19.3 Å². The standard InChI is InChI=1S/C21H32N2O3/c1-20(2,3)26-19(25)23(17-11-12-17)14-18(24)22-15-21(4,5)13-16-9-7-6-8-10-16/h6-10,17H,11-15H2,1-5H3,(H,22,24). The SMILES string of the molecule is CC(C)(CNC(=O)CN(C(=O)OC(C)(C)C)C1CC1)Cc1ccccc1. The first-order valence-corrected chi connectivity index (χ1v) is 9.36. The molecule has 26 heavy (non-hydrogen) atoms. The summed E-state index contributed by atoms with van der Waals surface area (Å²) in [4.78, 5) is 26.3. The highest BCUT2D eigenvalue weighted by Crippen LogP contribution is 2.28. The molecule has 0 aromatic heterocycles. The molecular formula is C21H32N2O3. The lowest BCUT2D eigenvalue weighted by Crippen LogP contribution is -2.46. The van der Waals surface area contributed by atoms with E-state index in [1.54, 1.807) is 4.90 Å². The van der Waals surface area contributed by atoms with Gasteiger partial charge in [0, 0.05) is 12.6 Å². The van der Waals surface area contributed by atoms with Crippen molar-refractivity contribution in [3.05, 3.63) is 35.9 Å². The molecule has 0 bridgehead atoms. The van der Waals surface area contributed by atoms with Crippen molar-refractivity contribution >= 4 is 12.0 Å². The summed E-state index contributed by atoms with van der Waals surface area (Å²) in [5.74, 6) is -0.135. The first-order valence-electron chi connectivity index (χ1n) is 9.36. The predicted molar refractivity (Wildman–Crippen MR) is 103 cm³/mol. The summed E-state index contributed by atoms with van der Waals surface area (Å²) >= 11 is 0. The molecule has 144 valence electrons. The molecule has 1 fully saturated rings. The van der Waals surface area contributed by atoms with Gasteiger partial charge >= 0.3 is 6.09 Å². The molecule has 0 atom stereocenters. The summed E-state index contributed by atoms with van der Waals surface area (Å²) in [7, 11) is 0. The fourth-order valence-electron chi connectivity index (χ4n) is 2.81. The Bertz CT molecular complexity index is 616. The molecule has 1 aliphatic rings. The van der Waals surface area contributed by atoms with Gasteiger partial charge in [-0.2, -0.15) is 0 Å². The molecule has 0 unspecified atom stereocenters. The van der Waals surface area contributed by atoms with Crippen LogP contribution in [-0.4, -0.2) is 41.6 Å². The van der Waals surface area contributed by atoms with Gasteiger partial charge in [-0.1, -0.05) is 44.2 Å². The summed E-state index contributed by atoms with van der Waals surface area (Å²) in [5.41, 5.74) is 0.631. The number of ether oxygens (including phenoxy) is 1. The number of nitrogens with one attached hydrogen (secondary N) is 1. The zero-order valence-electron chi connectivity index (χ0n) is 16.7. The van der Waals surface area contributed by atoms with Gasteiger partial charge in [-0.15, -0.1) is 0 Å². The number of hydrogen-bond acceptors (Lipinski definition) is 3. The van der Waals surface area contributed by atoms with Gasteiger partial charge in [0.15, 0.2) is 0 Å². The van der Waals surface area contributed by atoms with E-state index in [2.05, 4.69) is 31.3 Å². The number of amides is 2. The second kappa shape index (κ2) is 8.11. The van der Waals surface area contributed by atoms with Crippen LogP contribution in [0.3, 0.4) is 0 Å². The number of hydrogen-bond donors (Lipinski definition) is 1. The van der Waals surface area contributed by atoms with E-state index in [-0.39, 0.29) is 23.9 Å². The molecule has 1 saturated carbocycles. The molecule has 0 radical (unpaired) electrons. The Balaban J connectivity index is 1.85. The summed E-state index contributed by atoms with van der Waals surface area (Å²) in [5, 5.41) is 2.99. The Labute approximate surface area is 157 Å². The predicted octanol–water partition coefficient (Wildman–Crippen LogP) is 3.77. The lowest BCUT2D eigenvalue weighted by Gasteiger charge is -2.28. The van der Waals surface area contributed by atoms with E-state index in [9.17, 15) is 9.59 Å². The topological polar surface area (TPSA) is 58.6 Å². The van der Waals surface area contributed by atoms with Crippen LogP contribution in [0.1, 0.15) is 53.0 Å². The summed E-state index contributed by atoms with van der Waals surface area (Å²) in [6.07, 6.45) is 2.35. The number of rotatable bonds is 7. The minimum atomic E-state index is -0.557. The van der Waals surface area contributed by atoms with Crippen LogP contribution in [0.25, 0.3) is 0 Å². The Kier molecular flexibility index (Phi) is 6.32. The maximum absolute atomic E-state index is 12.4. The van der Waals surface area contributed by atoms with Crippen molar-refractivity contribution < 1.29 is 14.3 Å². The van der Waals surface area contributed by atoms with Crippen molar-refractivity contribution in [1.82, 2.24) is 10.2 Å². The second-order valence-electron chi connectivity index (χ2n) is 8.94. The average molecular weight is 360 g/mol. The minimum Gasteiger partial charge on any atom is -0.444 e. The second-order valence-corrected chi connectivity index (χ2v) is 8.94. The Morgan fingerprint density at radius 3 is 2.27 bits per heavy atom. The van der Waals surface area contributed by atoms with Crippen molar-refractivity contribution in [1.29, 1.82) is 0 Å². The van der Waals surface area contributed by atoms with Crippen LogP contribution >= 0.6 is 0 Å². The van der Waals surface area contributed by atoms with Crippen LogP contribution in [0.2, 0.25) is 0 Å². The van der Waals surface area contributed by atoms with Gasteiger partial charge in [0.2, 0.25) is 5.91 Å². The third-order valence-corrected chi connectivity index (χ3v) is 4.22.